The van der Waals surface area contributed by atoms with Crippen molar-refractivity contribution in [2.75, 3.05) is 6.61 Å². The summed E-state index contributed by atoms with van der Waals surface area (Å²) >= 11 is 0. The van der Waals surface area contributed by atoms with Crippen molar-refractivity contribution in [3.8, 4) is 0 Å². The van der Waals surface area contributed by atoms with E-state index in [4.69, 9.17) is 0 Å². The monoisotopic (exact) mass is 563 g/mol. The SMILES string of the molecule is C/C=C/CC/C=C/CCCC(O)C(O)C(CO)NC(=O)C(O)CCCCCCCC/C=C\C/C=C\CCCCC. The molecule has 6 nitrogen and oxygen atoms in total. The van der Waals surface area contributed by atoms with Gasteiger partial charge < -0.3 is 25.7 Å². The van der Waals surface area contributed by atoms with Crippen molar-refractivity contribution in [3.05, 3.63) is 48.6 Å². The molecular formula is C34H61NO5. The highest BCUT2D eigenvalue weighted by atomic mass is 16.3. The molecule has 0 aromatic rings. The Morgan fingerprint density at radius 3 is 1.88 bits per heavy atom. The number of allylic oxidation sites excluding steroid dienone is 8. The van der Waals surface area contributed by atoms with Gasteiger partial charge in [-0.15, -0.1) is 0 Å². The standard InChI is InChI=1S/C34H61NO5/c1-3-5-7-9-11-13-14-15-16-17-18-19-20-22-24-26-28-32(38)34(40)35-30(29-36)33(39)31(37)27-25-23-21-12-10-8-6-4-2/h4,6,11-13,15-16,21,30-33,36-39H,3,5,7-10,14,17-20,22-29H2,1-2H3,(H,35,40)/b6-4+,13-11-,16-15-,21-12+. The van der Waals surface area contributed by atoms with Crippen LogP contribution in [-0.4, -0.2) is 57.3 Å². The van der Waals surface area contributed by atoms with E-state index < -0.39 is 36.9 Å². The molecule has 0 aromatic carbocycles. The van der Waals surface area contributed by atoms with Crippen LogP contribution in [0.3, 0.4) is 0 Å². The first-order valence-electron chi connectivity index (χ1n) is 16.0. The average molecular weight is 564 g/mol. The predicted molar refractivity (Wildman–Crippen MR) is 168 cm³/mol. The van der Waals surface area contributed by atoms with Crippen LogP contribution in [-0.2, 0) is 4.79 Å². The molecule has 0 saturated carbocycles. The normalized spacial score (nSPS) is 15.4. The summed E-state index contributed by atoms with van der Waals surface area (Å²) in [6.07, 6.45) is 31.5. The van der Waals surface area contributed by atoms with Crippen LogP contribution in [0.1, 0.15) is 129 Å². The molecule has 4 unspecified atom stereocenters. The van der Waals surface area contributed by atoms with Crippen molar-refractivity contribution < 1.29 is 25.2 Å². The van der Waals surface area contributed by atoms with Gasteiger partial charge in [0.1, 0.15) is 12.2 Å². The molecule has 0 aliphatic carbocycles. The van der Waals surface area contributed by atoms with E-state index >= 15 is 0 Å². The third-order valence-corrected chi connectivity index (χ3v) is 7.08. The van der Waals surface area contributed by atoms with E-state index in [0.717, 1.165) is 57.8 Å². The molecule has 0 rings (SSSR count). The van der Waals surface area contributed by atoms with Crippen LogP contribution in [0.5, 0.6) is 0 Å². The van der Waals surface area contributed by atoms with Crippen LogP contribution in [0, 0.1) is 0 Å². The first-order valence-corrected chi connectivity index (χ1v) is 16.0. The molecule has 6 heteroatoms. The average Bonchev–Trinajstić information content (AvgIpc) is 2.96. The van der Waals surface area contributed by atoms with Crippen molar-refractivity contribution in [1.82, 2.24) is 5.32 Å². The fraction of sp³-hybridized carbons (Fsp3) is 0.735. The fourth-order valence-electron chi connectivity index (χ4n) is 4.45. The van der Waals surface area contributed by atoms with E-state index in [1.165, 1.54) is 38.5 Å². The van der Waals surface area contributed by atoms with Gasteiger partial charge in [-0.25, -0.2) is 0 Å². The van der Waals surface area contributed by atoms with Crippen LogP contribution < -0.4 is 5.32 Å². The molecule has 0 saturated heterocycles. The zero-order valence-corrected chi connectivity index (χ0v) is 25.6. The zero-order chi connectivity index (χ0) is 29.7. The summed E-state index contributed by atoms with van der Waals surface area (Å²) in [5.74, 6) is -0.614. The van der Waals surface area contributed by atoms with Crippen molar-refractivity contribution in [2.24, 2.45) is 0 Å². The van der Waals surface area contributed by atoms with Gasteiger partial charge in [0.2, 0.25) is 5.91 Å². The van der Waals surface area contributed by atoms with Crippen LogP contribution in [0.25, 0.3) is 0 Å². The summed E-state index contributed by atoms with van der Waals surface area (Å²) in [6.45, 7) is 3.72. The molecule has 0 radical (unpaired) electrons. The Balaban J connectivity index is 3.92. The number of nitrogens with one attached hydrogen (secondary N) is 1. The Morgan fingerprint density at radius 2 is 1.23 bits per heavy atom. The molecule has 0 spiro atoms. The Morgan fingerprint density at radius 1 is 0.675 bits per heavy atom. The third-order valence-electron chi connectivity index (χ3n) is 7.08. The van der Waals surface area contributed by atoms with Crippen molar-refractivity contribution in [3.63, 3.8) is 0 Å². The van der Waals surface area contributed by atoms with Crippen LogP contribution in [0.2, 0.25) is 0 Å². The van der Waals surface area contributed by atoms with Gasteiger partial charge in [-0.3, -0.25) is 4.79 Å². The summed E-state index contributed by atoms with van der Waals surface area (Å²) in [6, 6.07) is -1.01. The number of aliphatic hydroxyl groups excluding tert-OH is 4. The number of unbranched alkanes of at least 4 members (excludes halogenated alkanes) is 11. The van der Waals surface area contributed by atoms with Crippen LogP contribution in [0.15, 0.2) is 48.6 Å². The fourth-order valence-corrected chi connectivity index (χ4v) is 4.45. The summed E-state index contributed by atoms with van der Waals surface area (Å²) < 4.78 is 0. The van der Waals surface area contributed by atoms with Crippen molar-refractivity contribution in [2.45, 2.75) is 154 Å². The molecule has 4 atom stereocenters. The minimum absolute atomic E-state index is 0.345. The van der Waals surface area contributed by atoms with E-state index in [1.807, 2.05) is 13.0 Å². The predicted octanol–water partition coefficient (Wildman–Crippen LogP) is 6.83. The van der Waals surface area contributed by atoms with Gasteiger partial charge in [0.25, 0.3) is 0 Å². The number of hydrogen-bond acceptors (Lipinski definition) is 5. The topological polar surface area (TPSA) is 110 Å². The van der Waals surface area contributed by atoms with Gasteiger partial charge in [-0.2, -0.15) is 0 Å². The minimum Gasteiger partial charge on any atom is -0.394 e. The number of carbonyl (C=O) groups is 1. The first-order chi connectivity index (χ1) is 19.5. The number of amides is 1. The lowest BCUT2D eigenvalue weighted by atomic mass is 10.00. The lowest BCUT2D eigenvalue weighted by molar-refractivity contribution is -0.132. The lowest BCUT2D eigenvalue weighted by Gasteiger charge is -2.27. The van der Waals surface area contributed by atoms with Crippen molar-refractivity contribution in [1.29, 1.82) is 0 Å². The Labute approximate surface area is 245 Å². The second-order valence-corrected chi connectivity index (χ2v) is 10.8. The number of aliphatic hydroxyl groups is 4. The molecule has 0 bridgehead atoms. The number of rotatable bonds is 27. The third kappa shape index (κ3) is 23.0. The highest BCUT2D eigenvalue weighted by molar-refractivity contribution is 5.80. The molecule has 0 aromatic heterocycles. The molecule has 232 valence electrons. The quantitative estimate of drug-likeness (QED) is 0.0556. The Kier molecular flexibility index (Phi) is 27.5. The van der Waals surface area contributed by atoms with E-state index in [2.05, 4.69) is 54.8 Å². The smallest absolute Gasteiger partial charge is 0.249 e. The van der Waals surface area contributed by atoms with E-state index in [1.54, 1.807) is 0 Å². The molecule has 40 heavy (non-hydrogen) atoms. The molecule has 5 N–H and O–H groups in total. The summed E-state index contributed by atoms with van der Waals surface area (Å²) in [5.41, 5.74) is 0. The molecule has 1 amide bonds. The summed E-state index contributed by atoms with van der Waals surface area (Å²) in [7, 11) is 0. The maximum atomic E-state index is 12.3. The molecular weight excluding hydrogens is 502 g/mol. The summed E-state index contributed by atoms with van der Waals surface area (Å²) in [4.78, 5) is 12.3. The molecule has 0 fully saturated rings. The largest absolute Gasteiger partial charge is 0.394 e. The molecule has 0 aliphatic heterocycles. The summed E-state index contributed by atoms with van der Waals surface area (Å²) in [5, 5.41) is 43.0. The van der Waals surface area contributed by atoms with E-state index in [0.29, 0.717) is 19.3 Å². The van der Waals surface area contributed by atoms with Gasteiger partial charge in [0.15, 0.2) is 0 Å². The maximum absolute atomic E-state index is 12.3. The zero-order valence-electron chi connectivity index (χ0n) is 25.6. The van der Waals surface area contributed by atoms with Gasteiger partial charge in [0.05, 0.1) is 18.8 Å². The number of carbonyl (C=O) groups excluding carboxylic acids is 1. The van der Waals surface area contributed by atoms with Gasteiger partial charge in [-0.1, -0.05) is 100 Å². The Hall–Kier alpha value is -1.73. The van der Waals surface area contributed by atoms with Crippen LogP contribution in [0.4, 0.5) is 0 Å². The lowest BCUT2D eigenvalue weighted by Crippen LogP contribution is -2.53. The molecule has 0 aliphatic rings. The van der Waals surface area contributed by atoms with Gasteiger partial charge in [-0.05, 0) is 77.6 Å². The minimum atomic E-state index is -1.29. The second kappa shape index (κ2) is 28.8. The highest BCUT2D eigenvalue weighted by Gasteiger charge is 2.28. The van der Waals surface area contributed by atoms with E-state index in [-0.39, 0.29) is 0 Å². The number of hydrogen-bond donors (Lipinski definition) is 5. The highest BCUT2D eigenvalue weighted by Crippen LogP contribution is 2.13. The Bertz CT molecular complexity index is 688. The second-order valence-electron chi connectivity index (χ2n) is 10.8. The van der Waals surface area contributed by atoms with E-state index in [9.17, 15) is 25.2 Å². The maximum Gasteiger partial charge on any atom is 0.249 e. The molecule has 0 heterocycles. The first kappa shape index (κ1) is 38.3. The van der Waals surface area contributed by atoms with Crippen LogP contribution >= 0.6 is 0 Å². The van der Waals surface area contributed by atoms with Gasteiger partial charge >= 0.3 is 0 Å². The van der Waals surface area contributed by atoms with Gasteiger partial charge in [0, 0.05) is 0 Å². The van der Waals surface area contributed by atoms with Crippen molar-refractivity contribution >= 4 is 5.91 Å².